The molecule has 5 nitrogen and oxygen atoms in total. The lowest BCUT2D eigenvalue weighted by molar-refractivity contribution is 0.0937. The molecular formula is C20H21N3O2. The van der Waals surface area contributed by atoms with Crippen molar-refractivity contribution >= 4 is 17.0 Å². The van der Waals surface area contributed by atoms with Gasteiger partial charge in [0.2, 0.25) is 0 Å². The second-order valence-corrected chi connectivity index (χ2v) is 6.70. The molecule has 3 aromatic rings. The standard InChI is InChI=1S/C20H21N3O2/c1-13-21-19-15(9-6-10-18(19)25-13)20(24)22-17-12-23(2)11-16(17)14-7-4-3-5-8-14/h3-10,16-17H,11-12H2,1-2H3,(H,22,24)/t16-,17+/m0/s1. The number of para-hydroxylation sites is 1. The van der Waals surface area contributed by atoms with Gasteiger partial charge < -0.3 is 14.6 Å². The van der Waals surface area contributed by atoms with Gasteiger partial charge in [-0.15, -0.1) is 0 Å². The number of benzene rings is 2. The number of carbonyl (C=O) groups is 1. The van der Waals surface area contributed by atoms with Crippen LogP contribution in [-0.4, -0.2) is 42.0 Å². The van der Waals surface area contributed by atoms with Gasteiger partial charge in [0, 0.05) is 32.0 Å². The molecule has 0 bridgehead atoms. The van der Waals surface area contributed by atoms with Gasteiger partial charge in [-0.25, -0.2) is 4.98 Å². The topological polar surface area (TPSA) is 58.4 Å². The van der Waals surface area contributed by atoms with Crippen LogP contribution >= 0.6 is 0 Å². The van der Waals surface area contributed by atoms with Gasteiger partial charge in [-0.1, -0.05) is 36.4 Å². The number of fused-ring (bicyclic) bond motifs is 1. The molecule has 0 unspecified atom stereocenters. The number of nitrogens with one attached hydrogen (secondary N) is 1. The molecule has 2 atom stereocenters. The zero-order chi connectivity index (χ0) is 17.4. The summed E-state index contributed by atoms with van der Waals surface area (Å²) in [6, 6.07) is 15.9. The van der Waals surface area contributed by atoms with Crippen LogP contribution in [0.2, 0.25) is 0 Å². The van der Waals surface area contributed by atoms with Crippen molar-refractivity contribution in [3.63, 3.8) is 0 Å². The smallest absolute Gasteiger partial charge is 0.253 e. The Labute approximate surface area is 146 Å². The number of aromatic nitrogens is 1. The molecule has 2 aromatic carbocycles. The van der Waals surface area contributed by atoms with E-state index >= 15 is 0 Å². The predicted molar refractivity (Wildman–Crippen MR) is 96.7 cm³/mol. The number of hydrogen-bond acceptors (Lipinski definition) is 4. The van der Waals surface area contributed by atoms with Crippen molar-refractivity contribution in [3.05, 3.63) is 65.5 Å². The molecule has 25 heavy (non-hydrogen) atoms. The largest absolute Gasteiger partial charge is 0.441 e. The minimum absolute atomic E-state index is 0.0724. The minimum atomic E-state index is -0.0971. The normalized spacial score (nSPS) is 20.9. The van der Waals surface area contributed by atoms with E-state index in [1.807, 2.05) is 30.3 Å². The second-order valence-electron chi connectivity index (χ2n) is 6.70. The highest BCUT2D eigenvalue weighted by molar-refractivity contribution is 6.04. The summed E-state index contributed by atoms with van der Waals surface area (Å²) in [5.41, 5.74) is 3.09. The molecule has 1 aliphatic heterocycles. The molecule has 5 heteroatoms. The summed E-state index contributed by atoms with van der Waals surface area (Å²) in [5, 5.41) is 3.21. The van der Waals surface area contributed by atoms with Crippen LogP contribution in [0.25, 0.3) is 11.1 Å². The molecule has 0 radical (unpaired) electrons. The van der Waals surface area contributed by atoms with Crippen molar-refractivity contribution in [2.24, 2.45) is 0 Å². The van der Waals surface area contributed by atoms with Crippen LogP contribution in [0.5, 0.6) is 0 Å². The fourth-order valence-electron chi connectivity index (χ4n) is 3.67. The number of hydrogen-bond donors (Lipinski definition) is 1. The van der Waals surface area contributed by atoms with Crippen molar-refractivity contribution in [2.75, 3.05) is 20.1 Å². The van der Waals surface area contributed by atoms with Crippen LogP contribution in [0.1, 0.15) is 27.7 Å². The summed E-state index contributed by atoms with van der Waals surface area (Å²) in [4.78, 5) is 19.5. The molecule has 0 saturated carbocycles. The number of rotatable bonds is 3. The van der Waals surface area contributed by atoms with Crippen molar-refractivity contribution in [3.8, 4) is 0 Å². The van der Waals surface area contributed by atoms with Crippen LogP contribution in [0.3, 0.4) is 0 Å². The van der Waals surface area contributed by atoms with Gasteiger partial charge in [0.1, 0.15) is 5.52 Å². The van der Waals surface area contributed by atoms with Gasteiger partial charge in [-0.2, -0.15) is 0 Å². The fraction of sp³-hybridized carbons (Fsp3) is 0.300. The van der Waals surface area contributed by atoms with E-state index in [1.165, 1.54) is 5.56 Å². The zero-order valence-corrected chi connectivity index (χ0v) is 14.4. The molecule has 1 saturated heterocycles. The Bertz CT molecular complexity index is 904. The molecule has 4 rings (SSSR count). The quantitative estimate of drug-likeness (QED) is 0.799. The Morgan fingerprint density at radius 1 is 1.16 bits per heavy atom. The maximum Gasteiger partial charge on any atom is 0.253 e. The van der Waals surface area contributed by atoms with E-state index in [-0.39, 0.29) is 17.9 Å². The van der Waals surface area contributed by atoms with E-state index < -0.39 is 0 Å². The molecule has 1 aliphatic rings. The number of likely N-dealkylation sites (tertiary alicyclic amines) is 1. The minimum Gasteiger partial charge on any atom is -0.441 e. The van der Waals surface area contributed by atoms with Gasteiger partial charge in [0.15, 0.2) is 11.5 Å². The first-order chi connectivity index (χ1) is 12.1. The summed E-state index contributed by atoms with van der Waals surface area (Å²) >= 11 is 0. The Morgan fingerprint density at radius 3 is 2.76 bits per heavy atom. The van der Waals surface area contributed by atoms with Crippen molar-refractivity contribution < 1.29 is 9.21 Å². The average Bonchev–Trinajstić information content (AvgIpc) is 3.16. The number of amides is 1. The maximum absolute atomic E-state index is 12.9. The van der Waals surface area contributed by atoms with Gasteiger partial charge >= 0.3 is 0 Å². The van der Waals surface area contributed by atoms with Gasteiger partial charge in [0.05, 0.1) is 5.56 Å². The van der Waals surface area contributed by atoms with E-state index in [4.69, 9.17) is 4.42 Å². The molecule has 1 fully saturated rings. The highest BCUT2D eigenvalue weighted by Gasteiger charge is 2.33. The Kier molecular flexibility index (Phi) is 4.01. The summed E-state index contributed by atoms with van der Waals surface area (Å²) in [7, 11) is 2.09. The van der Waals surface area contributed by atoms with E-state index in [2.05, 4.69) is 34.4 Å². The first kappa shape index (κ1) is 15.8. The van der Waals surface area contributed by atoms with Crippen LogP contribution in [0.4, 0.5) is 0 Å². The highest BCUT2D eigenvalue weighted by Crippen LogP contribution is 2.27. The Hall–Kier alpha value is -2.66. The summed E-state index contributed by atoms with van der Waals surface area (Å²) < 4.78 is 5.54. The average molecular weight is 335 g/mol. The van der Waals surface area contributed by atoms with Crippen molar-refractivity contribution in [1.82, 2.24) is 15.2 Å². The molecular weight excluding hydrogens is 314 g/mol. The highest BCUT2D eigenvalue weighted by atomic mass is 16.3. The Balaban J connectivity index is 1.60. The molecule has 1 N–H and O–H groups in total. The Morgan fingerprint density at radius 2 is 1.96 bits per heavy atom. The molecule has 1 aromatic heterocycles. The summed E-state index contributed by atoms with van der Waals surface area (Å²) in [6.07, 6.45) is 0. The molecule has 1 amide bonds. The van der Waals surface area contributed by atoms with Crippen molar-refractivity contribution in [2.45, 2.75) is 18.9 Å². The van der Waals surface area contributed by atoms with Gasteiger partial charge in [0.25, 0.3) is 5.91 Å². The number of carbonyl (C=O) groups excluding carboxylic acids is 1. The predicted octanol–water partition coefficient (Wildman–Crippen LogP) is 2.96. The lowest BCUT2D eigenvalue weighted by Crippen LogP contribution is -2.39. The SMILES string of the molecule is Cc1nc2c(C(=O)N[C@@H]3CN(C)C[C@H]3c3ccccc3)cccc2o1. The van der Waals surface area contributed by atoms with E-state index in [0.717, 1.165) is 13.1 Å². The van der Waals surface area contributed by atoms with Crippen molar-refractivity contribution in [1.29, 1.82) is 0 Å². The third kappa shape index (κ3) is 3.03. The van der Waals surface area contributed by atoms with E-state index in [1.54, 1.807) is 13.0 Å². The zero-order valence-electron chi connectivity index (χ0n) is 14.4. The maximum atomic E-state index is 12.9. The number of oxazole rings is 1. The first-order valence-electron chi connectivity index (χ1n) is 8.52. The second kappa shape index (κ2) is 6.33. The lowest BCUT2D eigenvalue weighted by atomic mass is 9.94. The third-order valence-electron chi connectivity index (χ3n) is 4.82. The molecule has 2 heterocycles. The van der Waals surface area contributed by atoms with Crippen LogP contribution < -0.4 is 5.32 Å². The van der Waals surface area contributed by atoms with Gasteiger partial charge in [-0.3, -0.25) is 4.79 Å². The lowest BCUT2D eigenvalue weighted by Gasteiger charge is -2.20. The molecule has 128 valence electrons. The van der Waals surface area contributed by atoms with Crippen LogP contribution in [-0.2, 0) is 0 Å². The number of likely N-dealkylation sites (N-methyl/N-ethyl adjacent to an activating group) is 1. The fourth-order valence-corrected chi connectivity index (χ4v) is 3.67. The van der Waals surface area contributed by atoms with Gasteiger partial charge in [-0.05, 0) is 24.7 Å². The van der Waals surface area contributed by atoms with Crippen LogP contribution in [0.15, 0.2) is 52.9 Å². The molecule has 0 aliphatic carbocycles. The first-order valence-corrected chi connectivity index (χ1v) is 8.52. The number of nitrogens with zero attached hydrogens (tertiary/aromatic N) is 2. The van der Waals surface area contributed by atoms with E-state index in [0.29, 0.717) is 22.6 Å². The monoisotopic (exact) mass is 335 g/mol. The van der Waals surface area contributed by atoms with Crippen LogP contribution in [0, 0.1) is 6.92 Å². The summed E-state index contributed by atoms with van der Waals surface area (Å²) in [5.74, 6) is 0.756. The van der Waals surface area contributed by atoms with E-state index in [9.17, 15) is 4.79 Å². The molecule has 0 spiro atoms. The summed E-state index contributed by atoms with van der Waals surface area (Å²) in [6.45, 7) is 3.56. The third-order valence-corrected chi connectivity index (χ3v) is 4.82. The number of aryl methyl sites for hydroxylation is 1.